The number of aliphatic hydroxyl groups is 2. The van der Waals surface area contributed by atoms with Crippen molar-refractivity contribution in [2.75, 3.05) is 24.1 Å². The van der Waals surface area contributed by atoms with Crippen LogP contribution in [0.1, 0.15) is 32.9 Å². The molecule has 0 aliphatic heterocycles. The topological polar surface area (TPSA) is 152 Å². The number of aliphatic carboxylic acids is 1. The van der Waals surface area contributed by atoms with Gasteiger partial charge in [-0.1, -0.05) is 12.1 Å². The summed E-state index contributed by atoms with van der Waals surface area (Å²) in [6.07, 6.45) is -1.58. The number of alkyl halides is 3. The molecule has 0 fully saturated rings. The van der Waals surface area contributed by atoms with Crippen molar-refractivity contribution >= 4 is 29.0 Å². The molecule has 4 aromatic rings. The summed E-state index contributed by atoms with van der Waals surface area (Å²) >= 11 is 0. The minimum absolute atomic E-state index is 0.0311. The van der Waals surface area contributed by atoms with Gasteiger partial charge in [-0.2, -0.15) is 18.2 Å². The summed E-state index contributed by atoms with van der Waals surface area (Å²) in [5.41, 5.74) is -0.821. The van der Waals surface area contributed by atoms with Crippen molar-refractivity contribution < 1.29 is 43.3 Å². The lowest BCUT2D eigenvalue weighted by Gasteiger charge is -2.25. The number of fused-ring (bicyclic) bond motifs is 1. The van der Waals surface area contributed by atoms with Crippen molar-refractivity contribution in [3.63, 3.8) is 0 Å². The summed E-state index contributed by atoms with van der Waals surface area (Å²) in [7, 11) is 3.09. The van der Waals surface area contributed by atoms with E-state index in [1.165, 1.54) is 33.8 Å². The van der Waals surface area contributed by atoms with Crippen molar-refractivity contribution in [1.29, 1.82) is 0 Å². The van der Waals surface area contributed by atoms with Gasteiger partial charge < -0.3 is 20.2 Å². The largest absolute Gasteiger partial charge is 0.477 e. The zero-order valence-electron chi connectivity index (χ0n) is 20.5. The van der Waals surface area contributed by atoms with Gasteiger partial charge in [0.05, 0.1) is 11.3 Å². The molecule has 39 heavy (non-hydrogen) atoms. The molecule has 0 unspecified atom stereocenters. The molecule has 4 rings (SSSR count). The van der Waals surface area contributed by atoms with Gasteiger partial charge >= 0.3 is 12.1 Å². The number of amides is 1. The Kier molecular flexibility index (Phi) is 7.04. The zero-order valence-corrected chi connectivity index (χ0v) is 20.5. The van der Waals surface area contributed by atoms with E-state index in [9.17, 15) is 43.3 Å². The lowest BCUT2D eigenvalue weighted by Crippen LogP contribution is -2.38. The molecule has 2 aromatic heterocycles. The molecule has 0 saturated heterocycles. The monoisotopic (exact) mass is 545 g/mol. The van der Waals surface area contributed by atoms with E-state index in [1.54, 1.807) is 26.2 Å². The fourth-order valence-corrected chi connectivity index (χ4v) is 3.87. The predicted molar refractivity (Wildman–Crippen MR) is 130 cm³/mol. The highest BCUT2D eigenvalue weighted by Gasteiger charge is 2.42. The minimum atomic E-state index is -4.56. The van der Waals surface area contributed by atoms with E-state index in [1.807, 2.05) is 0 Å². The average molecular weight is 545 g/mol. The number of carbonyl (C=O) groups is 2. The Morgan fingerprint density at radius 3 is 2.15 bits per heavy atom. The first-order valence-electron chi connectivity index (χ1n) is 11.2. The third kappa shape index (κ3) is 5.25. The van der Waals surface area contributed by atoms with E-state index >= 15 is 0 Å². The number of anilines is 2. The predicted octanol–water partition coefficient (Wildman–Crippen LogP) is 2.66. The Morgan fingerprint density at radius 2 is 1.62 bits per heavy atom. The highest BCUT2D eigenvalue weighted by atomic mass is 19.4. The maximum atomic E-state index is 12.8. The summed E-state index contributed by atoms with van der Waals surface area (Å²) < 4.78 is 39.7. The van der Waals surface area contributed by atoms with Gasteiger partial charge in [-0.3, -0.25) is 14.4 Å². The third-order valence-corrected chi connectivity index (χ3v) is 5.87. The molecule has 1 amide bonds. The number of carboxylic acids is 1. The summed E-state index contributed by atoms with van der Waals surface area (Å²) in [4.78, 5) is 34.0. The van der Waals surface area contributed by atoms with E-state index in [2.05, 4.69) is 9.97 Å². The van der Waals surface area contributed by atoms with Crippen molar-refractivity contribution in [3.05, 3.63) is 89.0 Å². The molecule has 2 heterocycles. The van der Waals surface area contributed by atoms with Crippen LogP contribution < -0.4 is 9.96 Å². The number of aromatic nitrogens is 3. The van der Waals surface area contributed by atoms with Crippen LogP contribution in [0.2, 0.25) is 0 Å². The second-order valence-electron chi connectivity index (χ2n) is 8.75. The van der Waals surface area contributed by atoms with Crippen LogP contribution >= 0.6 is 0 Å². The van der Waals surface area contributed by atoms with E-state index in [0.29, 0.717) is 16.5 Å². The van der Waals surface area contributed by atoms with Gasteiger partial charge in [0.25, 0.3) is 11.7 Å². The number of rotatable bonds is 7. The van der Waals surface area contributed by atoms with Crippen molar-refractivity contribution in [2.24, 2.45) is 0 Å². The lowest BCUT2D eigenvalue weighted by molar-refractivity contribution is -0.207. The maximum absolute atomic E-state index is 12.8. The molecular formula is C25H22F3N5O6. The first-order valence-corrected chi connectivity index (χ1v) is 11.2. The van der Waals surface area contributed by atoms with Crippen LogP contribution in [-0.4, -0.2) is 60.9 Å². The summed E-state index contributed by atoms with van der Waals surface area (Å²) in [5.74, 6) is -5.76. The number of nitrogens with zero attached hydrogens (tertiary/aromatic N) is 5. The Balaban J connectivity index is 1.61. The molecule has 204 valence electrons. The lowest BCUT2D eigenvalue weighted by atomic mass is 10.1. The van der Waals surface area contributed by atoms with Crippen LogP contribution in [0.5, 0.6) is 0 Å². The Morgan fingerprint density at radius 1 is 1.00 bits per heavy atom. The van der Waals surface area contributed by atoms with E-state index < -0.39 is 35.0 Å². The molecule has 14 heteroatoms. The van der Waals surface area contributed by atoms with E-state index in [0.717, 1.165) is 24.3 Å². The number of carboxylic acid groups (broad SMARTS) is 1. The molecule has 0 spiro atoms. The molecule has 0 saturated carbocycles. The highest BCUT2D eigenvalue weighted by molar-refractivity contribution is 6.04. The molecule has 0 aliphatic carbocycles. The van der Waals surface area contributed by atoms with Crippen LogP contribution in [0.15, 0.2) is 60.9 Å². The first-order chi connectivity index (χ1) is 18.2. The van der Waals surface area contributed by atoms with E-state index in [-0.39, 0.29) is 29.1 Å². The second-order valence-corrected chi connectivity index (χ2v) is 8.75. The van der Waals surface area contributed by atoms with Crippen molar-refractivity contribution in [1.82, 2.24) is 14.4 Å². The van der Waals surface area contributed by atoms with Crippen molar-refractivity contribution in [3.8, 4) is 0 Å². The fourth-order valence-electron chi connectivity index (χ4n) is 3.87. The molecule has 0 bridgehead atoms. The molecular weight excluding hydrogens is 523 g/mol. The number of hydrogen-bond acceptors (Lipinski definition) is 8. The fraction of sp³-hybridized carbons (Fsp3) is 0.200. The van der Waals surface area contributed by atoms with Gasteiger partial charge in [-0.05, 0) is 42.0 Å². The van der Waals surface area contributed by atoms with Gasteiger partial charge in [-0.25, -0.2) is 14.8 Å². The number of imidazole rings is 1. The first kappa shape index (κ1) is 27.5. The molecule has 11 nitrogen and oxygen atoms in total. The normalized spacial score (nSPS) is 12.0. The maximum Gasteiger partial charge on any atom is 0.416 e. The third-order valence-electron chi connectivity index (χ3n) is 5.87. The molecule has 2 aromatic carbocycles. The smallest absolute Gasteiger partial charge is 0.416 e. The molecule has 0 radical (unpaired) electrons. The quantitative estimate of drug-likeness (QED) is 0.156. The van der Waals surface area contributed by atoms with Crippen LogP contribution in [0.3, 0.4) is 0 Å². The number of benzene rings is 2. The van der Waals surface area contributed by atoms with Crippen LogP contribution in [0, 0.1) is 0 Å². The van der Waals surface area contributed by atoms with Crippen LogP contribution in [0.25, 0.3) is 5.65 Å². The van der Waals surface area contributed by atoms with Crippen molar-refractivity contribution in [2.45, 2.75) is 18.4 Å². The number of halogens is 3. The van der Waals surface area contributed by atoms with E-state index in [4.69, 9.17) is 0 Å². The summed E-state index contributed by atoms with van der Waals surface area (Å²) in [6.45, 7) is 0. The molecule has 0 aliphatic rings. The van der Waals surface area contributed by atoms with Gasteiger partial charge in [0.1, 0.15) is 17.2 Å². The van der Waals surface area contributed by atoms with Gasteiger partial charge in [0.2, 0.25) is 0 Å². The van der Waals surface area contributed by atoms with Gasteiger partial charge in [0.15, 0.2) is 5.65 Å². The second kappa shape index (κ2) is 9.98. The number of hydrogen-bond donors (Lipinski definition) is 4. The Labute approximate surface area is 218 Å². The van der Waals surface area contributed by atoms with Gasteiger partial charge in [0, 0.05) is 38.5 Å². The average Bonchev–Trinajstić information content (AvgIpc) is 3.37. The molecule has 0 atom stereocenters. The number of hydroxylamine groups is 1. The Hall–Kier alpha value is -4.53. The summed E-state index contributed by atoms with van der Waals surface area (Å²) in [6, 6.07) is 9.41. The van der Waals surface area contributed by atoms with Crippen LogP contribution in [-0.2, 0) is 23.2 Å². The molecule has 4 N–H and O–H groups in total. The minimum Gasteiger partial charge on any atom is -0.477 e. The zero-order chi connectivity index (χ0) is 28.7. The number of carbonyl (C=O) groups excluding carboxylic acids is 1. The SMILES string of the molecule is CN(C)c1nc(Cc2ccc(N(O)C(=O)c3ccc(C(F)(F)F)cc3)cc2)n2ccnc2c1C(O)(O)C(=O)O. The standard InChI is InChI=1S/C25H22F3N5O6/c1-31(2)21-19(24(37,38)23(35)36)20-29-11-12-32(20)18(30-21)13-14-3-9-17(10-4-14)33(39)22(34)15-5-7-16(8-6-15)25(26,27)28/h3-12,37-39H,13H2,1-2H3,(H,35,36). The highest BCUT2D eigenvalue weighted by Crippen LogP contribution is 2.32. The Bertz CT molecular complexity index is 1530. The summed E-state index contributed by atoms with van der Waals surface area (Å²) in [5, 5.41) is 40.6. The van der Waals surface area contributed by atoms with Crippen LogP contribution in [0.4, 0.5) is 24.7 Å². The van der Waals surface area contributed by atoms with Gasteiger partial charge in [-0.15, -0.1) is 0 Å².